The van der Waals surface area contributed by atoms with E-state index in [1.807, 2.05) is 0 Å². The largest absolute Gasteiger partial charge is 0.249 e. The summed E-state index contributed by atoms with van der Waals surface area (Å²) >= 11 is 11.7. The van der Waals surface area contributed by atoms with Crippen molar-refractivity contribution in [2.45, 2.75) is 0 Å². The van der Waals surface area contributed by atoms with Crippen LogP contribution in [0.3, 0.4) is 0 Å². The Morgan fingerprint density at radius 1 is 1.67 bits per heavy atom. The summed E-state index contributed by atoms with van der Waals surface area (Å²) in [7, 11) is 0. The molecule has 3 nitrogen and oxygen atoms in total. The van der Waals surface area contributed by atoms with Crippen molar-refractivity contribution < 1.29 is 6.90 Å². The Kier molecular flexibility index (Phi) is 3.76. The van der Waals surface area contributed by atoms with Gasteiger partial charge in [0.05, 0.1) is 5.39 Å². The van der Waals surface area contributed by atoms with Gasteiger partial charge in [0.15, 0.2) is 5.65 Å². The van der Waals surface area contributed by atoms with Crippen LogP contribution in [0.2, 0.25) is 5.15 Å². The van der Waals surface area contributed by atoms with Crippen LogP contribution in [0.4, 0.5) is 4.39 Å². The first kappa shape index (κ1) is 11.9. The van der Waals surface area contributed by atoms with Crippen LogP contribution in [0.5, 0.6) is 0 Å². The molecule has 0 aliphatic rings. The number of rotatable bonds is 2. The molecule has 15 heavy (non-hydrogen) atoms. The monoisotopic (exact) mass is 422 g/mol. The van der Waals surface area contributed by atoms with Gasteiger partial charge in [-0.05, 0) is 15.9 Å². The van der Waals surface area contributed by atoms with E-state index in [1.165, 1.54) is 6.07 Å². The van der Waals surface area contributed by atoms with Crippen LogP contribution >= 0.6 is 62.8 Å². The van der Waals surface area contributed by atoms with E-state index in [4.69, 9.17) is 14.1 Å². The Morgan fingerprint density at radius 3 is 3.07 bits per heavy atom. The van der Waals surface area contributed by atoms with Crippen molar-refractivity contribution in [3.8, 4) is 0 Å². The highest BCUT2D eigenvalue weighted by Crippen LogP contribution is 2.32. The maximum atomic E-state index is 13.5. The molecule has 0 aliphatic carbocycles. The lowest BCUT2D eigenvalue weighted by Crippen LogP contribution is -1.88. The number of halogens is 4. The highest BCUT2D eigenvalue weighted by molar-refractivity contribution is 14.1. The zero-order valence-electron chi connectivity index (χ0n) is 6.88. The average Bonchev–Trinajstić information content (AvgIpc) is 2.43. The van der Waals surface area contributed by atoms with Crippen LogP contribution in [-0.2, 0) is 2.51 Å². The van der Waals surface area contributed by atoms with Crippen molar-refractivity contribution >= 4 is 73.8 Å². The van der Waals surface area contributed by atoms with E-state index in [-0.39, 0.29) is 5.15 Å². The van der Waals surface area contributed by atoms with Crippen LogP contribution in [-0.4, -0.2) is 8.96 Å². The lowest BCUT2D eigenvalue weighted by atomic mass is 10.3. The van der Waals surface area contributed by atoms with Crippen molar-refractivity contribution in [1.82, 2.24) is 8.96 Å². The second-order valence-corrected chi connectivity index (χ2v) is 5.55. The summed E-state index contributed by atoms with van der Waals surface area (Å²) in [5.41, 5.74) is 0.425. The van der Waals surface area contributed by atoms with Gasteiger partial charge in [-0.3, -0.25) is 0 Å². The van der Waals surface area contributed by atoms with E-state index < -0.39 is 5.82 Å². The molecular formula is C7H2BrClFIN2OS. The predicted molar refractivity (Wildman–Crippen MR) is 70.5 cm³/mol. The van der Waals surface area contributed by atoms with Gasteiger partial charge in [0, 0.05) is 16.7 Å². The molecule has 0 bridgehead atoms. The first-order valence-electron chi connectivity index (χ1n) is 3.62. The standard InChI is InChI=1S/C7H2BrClFIN2OS/c8-3-2-13(15-14-11)7-6(3)4(10)1-5(9)12-7/h1-2H. The van der Waals surface area contributed by atoms with E-state index in [0.29, 0.717) is 15.5 Å². The molecule has 2 aromatic heterocycles. The highest BCUT2D eigenvalue weighted by atomic mass is 127. The molecule has 0 aromatic carbocycles. The minimum Gasteiger partial charge on any atom is -0.249 e. The van der Waals surface area contributed by atoms with Crippen molar-refractivity contribution in [2.75, 3.05) is 0 Å². The summed E-state index contributed by atoms with van der Waals surface area (Å²) in [6.45, 7) is 0. The third-order valence-corrected chi connectivity index (χ3v) is 3.48. The molecule has 2 rings (SSSR count). The number of hydrogen-bond acceptors (Lipinski definition) is 3. The molecule has 0 saturated carbocycles. The predicted octanol–water partition coefficient (Wildman–Crippen LogP) is 4.37. The number of fused-ring (bicyclic) bond motifs is 1. The fourth-order valence-corrected chi connectivity index (χ4v) is 2.98. The molecule has 2 aromatic rings. The molecule has 0 radical (unpaired) electrons. The summed E-state index contributed by atoms with van der Waals surface area (Å²) in [6, 6.07) is 1.18. The Morgan fingerprint density at radius 2 is 2.40 bits per heavy atom. The molecule has 0 N–H and O–H groups in total. The van der Waals surface area contributed by atoms with Crippen molar-refractivity contribution in [2.24, 2.45) is 0 Å². The Balaban J connectivity index is 2.75. The van der Waals surface area contributed by atoms with Crippen LogP contribution in [0.15, 0.2) is 16.7 Å². The Hall–Kier alpha value is 0.430. The summed E-state index contributed by atoms with van der Waals surface area (Å²) < 4.78 is 20.6. The van der Waals surface area contributed by atoms with Crippen LogP contribution < -0.4 is 0 Å². The summed E-state index contributed by atoms with van der Waals surface area (Å²) in [4.78, 5) is 4.03. The topological polar surface area (TPSA) is 27.1 Å². The van der Waals surface area contributed by atoms with E-state index in [2.05, 4.69) is 20.9 Å². The molecule has 80 valence electrons. The van der Waals surface area contributed by atoms with E-state index >= 15 is 0 Å². The number of aromatic nitrogens is 2. The molecule has 0 amide bonds. The van der Waals surface area contributed by atoms with Gasteiger partial charge in [0.25, 0.3) is 0 Å². The Bertz CT molecular complexity index is 523. The van der Waals surface area contributed by atoms with Crippen LogP contribution in [0.25, 0.3) is 11.0 Å². The summed E-state index contributed by atoms with van der Waals surface area (Å²) in [6.07, 6.45) is 1.67. The zero-order chi connectivity index (χ0) is 11.0. The fraction of sp³-hybridized carbons (Fsp3) is 0. The highest BCUT2D eigenvalue weighted by Gasteiger charge is 2.14. The van der Waals surface area contributed by atoms with E-state index in [1.54, 1.807) is 33.2 Å². The van der Waals surface area contributed by atoms with Gasteiger partial charge in [-0.2, -0.15) is 0 Å². The van der Waals surface area contributed by atoms with Gasteiger partial charge in [0.1, 0.15) is 46.2 Å². The van der Waals surface area contributed by atoms with Crippen molar-refractivity contribution in [3.63, 3.8) is 0 Å². The van der Waals surface area contributed by atoms with Crippen LogP contribution in [0, 0.1) is 5.82 Å². The van der Waals surface area contributed by atoms with E-state index in [9.17, 15) is 4.39 Å². The van der Waals surface area contributed by atoms with Gasteiger partial charge in [0.2, 0.25) is 0 Å². The van der Waals surface area contributed by atoms with Crippen molar-refractivity contribution in [3.05, 3.63) is 27.7 Å². The van der Waals surface area contributed by atoms with Gasteiger partial charge >= 0.3 is 0 Å². The first-order chi connectivity index (χ1) is 7.13. The quantitative estimate of drug-likeness (QED) is 0.408. The molecule has 0 aliphatic heterocycles. The number of hydrogen-bond donors (Lipinski definition) is 0. The van der Waals surface area contributed by atoms with Crippen molar-refractivity contribution in [1.29, 1.82) is 0 Å². The maximum absolute atomic E-state index is 13.5. The van der Waals surface area contributed by atoms with Crippen LogP contribution in [0.1, 0.15) is 0 Å². The number of nitrogens with zero attached hydrogens (tertiary/aromatic N) is 2. The molecule has 0 fully saturated rings. The first-order valence-corrected chi connectivity index (χ1v) is 6.37. The average molecular weight is 423 g/mol. The molecule has 8 heteroatoms. The lowest BCUT2D eigenvalue weighted by Gasteiger charge is -1.99. The van der Waals surface area contributed by atoms with Gasteiger partial charge in [-0.1, -0.05) is 11.6 Å². The normalized spacial score (nSPS) is 11.2. The smallest absolute Gasteiger partial charge is 0.157 e. The second kappa shape index (κ2) is 4.74. The van der Waals surface area contributed by atoms with E-state index in [0.717, 1.165) is 12.2 Å². The van der Waals surface area contributed by atoms with Gasteiger partial charge < -0.3 is 0 Å². The Labute approximate surface area is 116 Å². The molecule has 0 saturated heterocycles. The maximum Gasteiger partial charge on any atom is 0.157 e. The fourth-order valence-electron chi connectivity index (χ4n) is 1.17. The zero-order valence-corrected chi connectivity index (χ0v) is 12.2. The molecule has 0 unspecified atom stereocenters. The molecule has 0 atom stereocenters. The summed E-state index contributed by atoms with van der Waals surface area (Å²) in [5.74, 6) is -0.412. The molecular weight excluding hydrogens is 421 g/mol. The second-order valence-electron chi connectivity index (χ2n) is 2.57. The third kappa shape index (κ3) is 2.26. The molecule has 2 heterocycles. The van der Waals surface area contributed by atoms with Gasteiger partial charge in [-0.15, -0.1) is 0 Å². The number of pyridine rings is 1. The minimum atomic E-state index is -0.412. The summed E-state index contributed by atoms with van der Waals surface area (Å²) in [5, 5.41) is 0.501. The minimum absolute atomic E-state index is 0.112. The lowest BCUT2D eigenvalue weighted by molar-refractivity contribution is 0.638. The molecule has 0 spiro atoms. The van der Waals surface area contributed by atoms with Gasteiger partial charge in [-0.25, -0.2) is 15.9 Å². The third-order valence-electron chi connectivity index (χ3n) is 1.71. The SMILES string of the molecule is Fc1cc(Cl)nc2c1c(Br)cn2SOI.